The van der Waals surface area contributed by atoms with E-state index in [1.165, 1.54) is 43.6 Å². The molecule has 1 N–H and O–H groups in total. The summed E-state index contributed by atoms with van der Waals surface area (Å²) in [7, 11) is 1.96. The molecule has 2 aromatic rings. The van der Waals surface area contributed by atoms with Crippen LogP contribution in [0.3, 0.4) is 0 Å². The zero-order valence-electron chi connectivity index (χ0n) is 15.1. The molecular formula is C21H28N4. The molecule has 0 bridgehead atoms. The average molecular weight is 336 g/mol. The standard InChI is InChI=1S/C21H28N4/c1-22-21-18(9-5-11-23-21)14-25-15-19-10-6-12-24(19)16-20(25)13-17-7-3-2-4-8-17/h2-5,7-9,11,19-20H,6,10,12-16H2,1H3,(H,22,23)/t19-,20+/m0/s1. The van der Waals surface area contributed by atoms with Crippen LogP contribution in [0, 0.1) is 0 Å². The van der Waals surface area contributed by atoms with Gasteiger partial charge in [0.1, 0.15) is 5.82 Å². The third kappa shape index (κ3) is 3.70. The minimum Gasteiger partial charge on any atom is -0.373 e. The third-order valence-corrected chi connectivity index (χ3v) is 5.72. The second-order valence-electron chi connectivity index (χ2n) is 7.33. The highest BCUT2D eigenvalue weighted by Crippen LogP contribution is 2.28. The maximum Gasteiger partial charge on any atom is 0.130 e. The molecule has 0 unspecified atom stereocenters. The number of fused-ring (bicyclic) bond motifs is 1. The van der Waals surface area contributed by atoms with Crippen LogP contribution in [0.1, 0.15) is 24.0 Å². The van der Waals surface area contributed by atoms with Gasteiger partial charge in [-0.15, -0.1) is 0 Å². The van der Waals surface area contributed by atoms with Gasteiger partial charge in [0.15, 0.2) is 0 Å². The summed E-state index contributed by atoms with van der Waals surface area (Å²) in [5.41, 5.74) is 2.74. The smallest absolute Gasteiger partial charge is 0.130 e. The number of benzene rings is 1. The molecule has 2 fully saturated rings. The van der Waals surface area contributed by atoms with Gasteiger partial charge in [0.25, 0.3) is 0 Å². The van der Waals surface area contributed by atoms with Crippen molar-refractivity contribution < 1.29 is 0 Å². The van der Waals surface area contributed by atoms with E-state index < -0.39 is 0 Å². The number of nitrogens with one attached hydrogen (secondary N) is 1. The number of nitrogens with zero attached hydrogens (tertiary/aromatic N) is 3. The van der Waals surface area contributed by atoms with Crippen LogP contribution in [-0.4, -0.2) is 53.5 Å². The second kappa shape index (κ2) is 7.54. The highest BCUT2D eigenvalue weighted by atomic mass is 15.3. The zero-order valence-corrected chi connectivity index (χ0v) is 15.1. The molecule has 0 amide bonds. The van der Waals surface area contributed by atoms with Crippen LogP contribution in [0.5, 0.6) is 0 Å². The van der Waals surface area contributed by atoms with Crippen molar-refractivity contribution in [2.45, 2.75) is 37.9 Å². The van der Waals surface area contributed by atoms with Gasteiger partial charge in [-0.3, -0.25) is 9.80 Å². The Kier molecular flexibility index (Phi) is 4.99. The van der Waals surface area contributed by atoms with E-state index in [4.69, 9.17) is 0 Å². The molecule has 0 aliphatic carbocycles. The van der Waals surface area contributed by atoms with Crippen LogP contribution in [0.4, 0.5) is 5.82 Å². The Morgan fingerprint density at radius 3 is 2.84 bits per heavy atom. The van der Waals surface area contributed by atoms with Gasteiger partial charge in [0, 0.05) is 50.5 Å². The maximum absolute atomic E-state index is 4.49. The number of rotatable bonds is 5. The SMILES string of the molecule is CNc1ncccc1CN1C[C@@H]2CCCN2C[C@H]1Cc1ccccc1. The Hall–Kier alpha value is -1.91. The predicted octanol–water partition coefficient (Wildman–Crippen LogP) is 3.01. The molecule has 0 radical (unpaired) electrons. The van der Waals surface area contributed by atoms with Gasteiger partial charge in [-0.25, -0.2) is 4.98 Å². The number of hydrogen-bond donors (Lipinski definition) is 1. The molecule has 2 atom stereocenters. The highest BCUT2D eigenvalue weighted by molar-refractivity contribution is 5.43. The van der Waals surface area contributed by atoms with Crippen LogP contribution in [0.25, 0.3) is 0 Å². The highest BCUT2D eigenvalue weighted by Gasteiger charge is 2.36. The predicted molar refractivity (Wildman–Crippen MR) is 103 cm³/mol. The minimum atomic E-state index is 0.571. The maximum atomic E-state index is 4.49. The number of aromatic nitrogens is 1. The van der Waals surface area contributed by atoms with Crippen LogP contribution in [0.15, 0.2) is 48.7 Å². The summed E-state index contributed by atoms with van der Waals surface area (Å²) in [6, 6.07) is 16.5. The average Bonchev–Trinajstić information content (AvgIpc) is 3.10. The Morgan fingerprint density at radius 1 is 1.12 bits per heavy atom. The lowest BCUT2D eigenvalue weighted by Crippen LogP contribution is -2.56. The lowest BCUT2D eigenvalue weighted by Gasteiger charge is -2.44. The second-order valence-corrected chi connectivity index (χ2v) is 7.33. The van der Waals surface area contributed by atoms with Crippen molar-refractivity contribution in [3.63, 3.8) is 0 Å². The van der Waals surface area contributed by atoms with E-state index in [0.29, 0.717) is 6.04 Å². The molecule has 2 aliphatic rings. The Morgan fingerprint density at radius 2 is 2.00 bits per heavy atom. The van der Waals surface area contributed by atoms with Crippen molar-refractivity contribution in [1.82, 2.24) is 14.8 Å². The first-order valence-electron chi connectivity index (χ1n) is 9.47. The largest absolute Gasteiger partial charge is 0.373 e. The van der Waals surface area contributed by atoms with Crippen molar-refractivity contribution in [2.24, 2.45) is 0 Å². The monoisotopic (exact) mass is 336 g/mol. The summed E-state index contributed by atoms with van der Waals surface area (Å²) >= 11 is 0. The van der Waals surface area contributed by atoms with E-state index >= 15 is 0 Å². The van der Waals surface area contributed by atoms with E-state index in [0.717, 1.165) is 24.8 Å². The molecule has 4 rings (SSSR count). The third-order valence-electron chi connectivity index (χ3n) is 5.72. The first-order chi connectivity index (χ1) is 12.3. The molecule has 25 heavy (non-hydrogen) atoms. The number of piperazine rings is 1. The number of pyridine rings is 1. The quantitative estimate of drug-likeness (QED) is 0.909. The van der Waals surface area contributed by atoms with Crippen LogP contribution in [0.2, 0.25) is 0 Å². The van der Waals surface area contributed by atoms with Crippen molar-refractivity contribution in [2.75, 3.05) is 32.0 Å². The van der Waals surface area contributed by atoms with Crippen molar-refractivity contribution in [1.29, 1.82) is 0 Å². The van der Waals surface area contributed by atoms with Gasteiger partial charge in [-0.2, -0.15) is 0 Å². The summed E-state index contributed by atoms with van der Waals surface area (Å²) in [6.07, 6.45) is 5.69. The number of anilines is 1. The van der Waals surface area contributed by atoms with E-state index in [1.54, 1.807) is 0 Å². The van der Waals surface area contributed by atoms with Crippen LogP contribution < -0.4 is 5.32 Å². The minimum absolute atomic E-state index is 0.571. The van der Waals surface area contributed by atoms with Crippen LogP contribution >= 0.6 is 0 Å². The van der Waals surface area contributed by atoms with E-state index in [2.05, 4.69) is 56.5 Å². The first-order valence-corrected chi connectivity index (χ1v) is 9.47. The fraction of sp³-hybridized carbons (Fsp3) is 0.476. The molecule has 132 valence electrons. The van der Waals surface area contributed by atoms with Crippen molar-refractivity contribution >= 4 is 5.82 Å². The fourth-order valence-corrected chi connectivity index (χ4v) is 4.43. The lowest BCUT2D eigenvalue weighted by molar-refractivity contribution is 0.0456. The molecule has 0 saturated carbocycles. The molecule has 2 aliphatic heterocycles. The number of hydrogen-bond acceptors (Lipinski definition) is 4. The Labute approximate surface area is 150 Å². The van der Waals surface area contributed by atoms with Crippen LogP contribution in [-0.2, 0) is 13.0 Å². The summed E-state index contributed by atoms with van der Waals surface area (Å²) in [6.45, 7) is 4.62. The summed E-state index contributed by atoms with van der Waals surface area (Å²) in [4.78, 5) is 9.90. The van der Waals surface area contributed by atoms with E-state index in [-0.39, 0.29) is 0 Å². The summed E-state index contributed by atoms with van der Waals surface area (Å²) in [5, 5.41) is 3.25. The van der Waals surface area contributed by atoms with Crippen molar-refractivity contribution in [3.05, 3.63) is 59.8 Å². The summed E-state index contributed by atoms with van der Waals surface area (Å²) < 4.78 is 0. The van der Waals surface area contributed by atoms with Crippen molar-refractivity contribution in [3.8, 4) is 0 Å². The molecule has 3 heterocycles. The normalized spacial score (nSPS) is 24.2. The van der Waals surface area contributed by atoms with Gasteiger partial charge < -0.3 is 5.32 Å². The fourth-order valence-electron chi connectivity index (χ4n) is 4.43. The topological polar surface area (TPSA) is 31.4 Å². The van der Waals surface area contributed by atoms with Gasteiger partial charge in [0.05, 0.1) is 0 Å². The van der Waals surface area contributed by atoms with Gasteiger partial charge >= 0.3 is 0 Å². The Bertz CT molecular complexity index is 687. The Balaban J connectivity index is 1.55. The lowest BCUT2D eigenvalue weighted by atomic mass is 9.99. The molecule has 1 aromatic carbocycles. The van der Waals surface area contributed by atoms with E-state index in [1.807, 2.05) is 19.3 Å². The van der Waals surface area contributed by atoms with Gasteiger partial charge in [-0.05, 0) is 37.4 Å². The molecule has 0 spiro atoms. The molecule has 2 saturated heterocycles. The summed E-state index contributed by atoms with van der Waals surface area (Å²) in [5.74, 6) is 1.01. The first kappa shape index (κ1) is 16.6. The van der Waals surface area contributed by atoms with Gasteiger partial charge in [0.2, 0.25) is 0 Å². The molecule has 1 aromatic heterocycles. The van der Waals surface area contributed by atoms with E-state index in [9.17, 15) is 0 Å². The molecular weight excluding hydrogens is 308 g/mol. The molecule has 4 heteroatoms. The van der Waals surface area contributed by atoms with Gasteiger partial charge in [-0.1, -0.05) is 36.4 Å². The zero-order chi connectivity index (χ0) is 17.1. The molecule has 4 nitrogen and oxygen atoms in total.